The minimum atomic E-state index is -1.74. The van der Waals surface area contributed by atoms with E-state index in [9.17, 15) is 15.5 Å². The third-order valence-electron chi connectivity index (χ3n) is 5.06. The smallest absolute Gasteiger partial charge is 0.200 e. The van der Waals surface area contributed by atoms with E-state index in [-0.39, 0.29) is 5.92 Å². The molecule has 3 aromatic rings. The lowest BCUT2D eigenvalue weighted by molar-refractivity contribution is -0.161. The number of hydrogen-bond acceptors (Lipinski definition) is 6. The van der Waals surface area contributed by atoms with Crippen LogP contribution in [0.5, 0.6) is 0 Å². The Labute approximate surface area is 143 Å². The number of H-pyrrole nitrogens is 1. The fourth-order valence-electron chi connectivity index (χ4n) is 3.72. The Bertz CT molecular complexity index is 936. The monoisotopic (exact) mass is 338 g/mol. The summed E-state index contributed by atoms with van der Waals surface area (Å²) < 4.78 is 1.31. The maximum atomic E-state index is 11.2. The van der Waals surface area contributed by atoms with E-state index >= 15 is 0 Å². The van der Waals surface area contributed by atoms with Crippen LogP contribution in [0.3, 0.4) is 0 Å². The summed E-state index contributed by atoms with van der Waals surface area (Å²) in [6.07, 6.45) is 8.33. The predicted octanol–water partition coefficient (Wildman–Crippen LogP) is 1.54. The highest BCUT2D eigenvalue weighted by Crippen LogP contribution is 2.39. The van der Waals surface area contributed by atoms with Crippen molar-refractivity contribution in [3.63, 3.8) is 0 Å². The Morgan fingerprint density at radius 2 is 2.16 bits per heavy atom. The molecule has 0 amide bonds. The van der Waals surface area contributed by atoms with E-state index in [2.05, 4.69) is 20.1 Å². The molecule has 4 rings (SSSR count). The number of nitrogens with one attached hydrogen (secondary N) is 1. The lowest BCUT2D eigenvalue weighted by Crippen LogP contribution is -2.50. The van der Waals surface area contributed by atoms with Crippen LogP contribution in [-0.4, -0.2) is 41.0 Å². The summed E-state index contributed by atoms with van der Waals surface area (Å²) in [6, 6.07) is 3.64. The number of fused-ring (bicyclic) bond motifs is 1. The average Bonchev–Trinajstić information content (AvgIpc) is 3.40. The lowest BCUT2D eigenvalue weighted by atomic mass is 9.89. The van der Waals surface area contributed by atoms with E-state index in [1.165, 1.54) is 11.0 Å². The van der Waals surface area contributed by atoms with Crippen LogP contribution in [0.1, 0.15) is 25.7 Å². The molecule has 1 saturated carbocycles. The first-order valence-corrected chi connectivity index (χ1v) is 8.28. The molecular weight excluding hydrogens is 320 g/mol. The van der Waals surface area contributed by atoms with Crippen LogP contribution >= 0.6 is 0 Å². The van der Waals surface area contributed by atoms with Crippen LogP contribution in [0.2, 0.25) is 0 Å². The minimum absolute atomic E-state index is 0.215. The summed E-state index contributed by atoms with van der Waals surface area (Å²) in [5.41, 5.74) is 0.334. The van der Waals surface area contributed by atoms with Crippen molar-refractivity contribution >= 4 is 11.0 Å². The number of aromatic amines is 1. The van der Waals surface area contributed by atoms with Crippen molar-refractivity contribution in [2.24, 2.45) is 5.92 Å². The topological polar surface area (TPSA) is 124 Å². The van der Waals surface area contributed by atoms with E-state index in [0.29, 0.717) is 16.9 Å². The van der Waals surface area contributed by atoms with Crippen molar-refractivity contribution in [3.8, 4) is 17.3 Å². The quantitative estimate of drug-likeness (QED) is 0.620. The molecular formula is C17H18N6O2. The molecule has 3 N–H and O–H groups in total. The van der Waals surface area contributed by atoms with Gasteiger partial charge in [0.25, 0.3) is 0 Å². The number of aliphatic hydroxyl groups excluding tert-OH is 1. The molecule has 1 fully saturated rings. The van der Waals surface area contributed by atoms with Crippen LogP contribution in [0.4, 0.5) is 0 Å². The highest BCUT2D eigenvalue weighted by Gasteiger charge is 2.47. The number of nitrogens with zero attached hydrogens (tertiary/aromatic N) is 5. The number of aliphatic hydroxyl groups is 2. The first kappa shape index (κ1) is 15.7. The lowest BCUT2D eigenvalue weighted by Gasteiger charge is -2.35. The van der Waals surface area contributed by atoms with E-state index in [1.54, 1.807) is 24.7 Å². The maximum Gasteiger partial charge on any atom is 0.200 e. The standard InChI is InChI=1S/C17H18N6O2/c18-7-14(24)17(25,12-3-1-2-4-12)23-9-11(8-22-23)15-13-5-6-19-16(13)21-10-20-15/h5-6,8-10,12,14,24-25H,1-4H2,(H,19,20,21). The third-order valence-corrected chi connectivity index (χ3v) is 5.06. The zero-order valence-electron chi connectivity index (χ0n) is 13.5. The molecule has 128 valence electrons. The SMILES string of the molecule is N#CC(O)C(O)(C1CCCC1)n1cc(-c2ncnc3[nH]ccc23)cn1. The van der Waals surface area contributed by atoms with Crippen molar-refractivity contribution in [1.82, 2.24) is 24.7 Å². The predicted molar refractivity (Wildman–Crippen MR) is 88.9 cm³/mol. The second-order valence-corrected chi connectivity index (χ2v) is 6.43. The van der Waals surface area contributed by atoms with Gasteiger partial charge >= 0.3 is 0 Å². The van der Waals surface area contributed by atoms with Crippen LogP contribution in [0.25, 0.3) is 22.3 Å². The molecule has 25 heavy (non-hydrogen) atoms. The number of nitriles is 1. The van der Waals surface area contributed by atoms with Crippen molar-refractivity contribution in [2.75, 3.05) is 0 Å². The molecule has 0 bridgehead atoms. The molecule has 1 aliphatic carbocycles. The molecule has 0 spiro atoms. The van der Waals surface area contributed by atoms with Gasteiger partial charge in [-0.25, -0.2) is 14.6 Å². The minimum Gasteiger partial charge on any atom is -0.374 e. The molecule has 8 heteroatoms. The summed E-state index contributed by atoms with van der Waals surface area (Å²) in [7, 11) is 0. The van der Waals surface area contributed by atoms with Gasteiger partial charge in [-0.15, -0.1) is 0 Å². The number of aromatic nitrogens is 5. The zero-order valence-corrected chi connectivity index (χ0v) is 13.5. The Kier molecular flexibility index (Phi) is 3.75. The van der Waals surface area contributed by atoms with Gasteiger partial charge in [0, 0.05) is 29.3 Å². The van der Waals surface area contributed by atoms with Crippen LogP contribution in [-0.2, 0) is 5.72 Å². The summed E-state index contributed by atoms with van der Waals surface area (Å²) in [5, 5.41) is 35.7. The zero-order chi connectivity index (χ0) is 17.4. The van der Waals surface area contributed by atoms with Crippen molar-refractivity contribution in [3.05, 3.63) is 31.0 Å². The van der Waals surface area contributed by atoms with Gasteiger partial charge in [-0.05, 0) is 18.9 Å². The Balaban J connectivity index is 1.79. The van der Waals surface area contributed by atoms with E-state index in [1.807, 2.05) is 6.07 Å². The van der Waals surface area contributed by atoms with Gasteiger partial charge in [-0.1, -0.05) is 12.8 Å². The molecule has 0 radical (unpaired) electrons. The largest absolute Gasteiger partial charge is 0.374 e. The first-order chi connectivity index (χ1) is 12.1. The molecule has 1 aliphatic rings. The average molecular weight is 338 g/mol. The third kappa shape index (κ3) is 2.40. The van der Waals surface area contributed by atoms with Crippen LogP contribution in [0.15, 0.2) is 31.0 Å². The fourth-order valence-corrected chi connectivity index (χ4v) is 3.72. The Hall–Kier alpha value is -2.76. The molecule has 2 atom stereocenters. The number of hydrogen-bond donors (Lipinski definition) is 3. The normalized spacial score (nSPS) is 18.9. The highest BCUT2D eigenvalue weighted by molar-refractivity contribution is 5.89. The van der Waals surface area contributed by atoms with Crippen molar-refractivity contribution in [1.29, 1.82) is 5.26 Å². The van der Waals surface area contributed by atoms with Gasteiger partial charge in [-0.2, -0.15) is 10.4 Å². The molecule has 3 heterocycles. The Morgan fingerprint density at radius 1 is 1.36 bits per heavy atom. The van der Waals surface area contributed by atoms with Crippen molar-refractivity contribution < 1.29 is 10.2 Å². The molecule has 2 unspecified atom stereocenters. The second kappa shape index (κ2) is 5.95. The van der Waals surface area contributed by atoms with Gasteiger partial charge < -0.3 is 15.2 Å². The van der Waals surface area contributed by atoms with E-state index in [0.717, 1.165) is 31.1 Å². The van der Waals surface area contributed by atoms with Crippen molar-refractivity contribution in [2.45, 2.75) is 37.5 Å². The number of rotatable bonds is 4. The summed E-state index contributed by atoms with van der Waals surface area (Å²) in [4.78, 5) is 11.5. The van der Waals surface area contributed by atoms with E-state index < -0.39 is 11.8 Å². The van der Waals surface area contributed by atoms with Gasteiger partial charge in [0.15, 0.2) is 11.8 Å². The van der Waals surface area contributed by atoms with Gasteiger partial charge in [-0.3, -0.25) is 0 Å². The van der Waals surface area contributed by atoms with Crippen LogP contribution < -0.4 is 0 Å². The molecule has 0 aromatic carbocycles. The summed E-state index contributed by atoms with van der Waals surface area (Å²) >= 11 is 0. The van der Waals surface area contributed by atoms with Gasteiger partial charge in [0.2, 0.25) is 0 Å². The first-order valence-electron chi connectivity index (χ1n) is 8.28. The molecule has 8 nitrogen and oxygen atoms in total. The molecule has 0 aliphatic heterocycles. The molecule has 3 aromatic heterocycles. The second-order valence-electron chi connectivity index (χ2n) is 6.43. The fraction of sp³-hybridized carbons (Fsp3) is 0.412. The maximum absolute atomic E-state index is 11.2. The highest BCUT2D eigenvalue weighted by atomic mass is 16.4. The Morgan fingerprint density at radius 3 is 2.92 bits per heavy atom. The molecule has 0 saturated heterocycles. The summed E-state index contributed by atoms with van der Waals surface area (Å²) in [5.74, 6) is -0.215. The van der Waals surface area contributed by atoms with Crippen LogP contribution in [0, 0.1) is 17.2 Å². The van der Waals surface area contributed by atoms with E-state index in [4.69, 9.17) is 0 Å². The summed E-state index contributed by atoms with van der Waals surface area (Å²) in [6.45, 7) is 0. The van der Waals surface area contributed by atoms with Gasteiger partial charge in [0.05, 0.1) is 18.0 Å². The van der Waals surface area contributed by atoms with Gasteiger partial charge in [0.1, 0.15) is 12.0 Å².